The molecule has 0 atom stereocenters. The van der Waals surface area contributed by atoms with Gasteiger partial charge in [0.15, 0.2) is 11.6 Å². The maximum absolute atomic E-state index is 6.44. The Labute approximate surface area is 239 Å². The van der Waals surface area contributed by atoms with E-state index in [1.165, 1.54) is 42.1 Å². The lowest BCUT2D eigenvalue weighted by atomic mass is 9.96. The van der Waals surface area contributed by atoms with E-state index in [1.54, 1.807) is 11.3 Å². The van der Waals surface area contributed by atoms with Gasteiger partial charge in [0.25, 0.3) is 0 Å². The van der Waals surface area contributed by atoms with E-state index in [0.29, 0.717) is 11.6 Å². The molecule has 2 aromatic heterocycles. The molecule has 0 bridgehead atoms. The molecule has 8 aromatic rings. The molecule has 5 heteroatoms. The predicted molar refractivity (Wildman–Crippen MR) is 169 cm³/mol. The van der Waals surface area contributed by atoms with Crippen molar-refractivity contribution in [2.75, 3.05) is 0 Å². The third kappa shape index (κ3) is 3.92. The van der Waals surface area contributed by atoms with Crippen molar-refractivity contribution in [2.45, 2.75) is 0 Å². The molecule has 0 fully saturated rings. The number of fused-ring (bicyclic) bond motifs is 5. The van der Waals surface area contributed by atoms with Gasteiger partial charge in [0.1, 0.15) is 0 Å². The Morgan fingerprint density at radius 3 is 1.93 bits per heavy atom. The molecule has 188 valence electrons. The zero-order valence-electron chi connectivity index (χ0n) is 21.2. The summed E-state index contributed by atoms with van der Waals surface area (Å²) in [6.45, 7) is 0. The van der Waals surface area contributed by atoms with Gasteiger partial charge in [-0.05, 0) is 80.7 Å². The van der Waals surface area contributed by atoms with Crippen LogP contribution in [-0.2, 0) is 0 Å². The first-order valence-corrected chi connectivity index (χ1v) is 14.2. The van der Waals surface area contributed by atoms with E-state index >= 15 is 0 Å². The minimum atomic E-state index is 0.182. The molecule has 0 aliphatic rings. The van der Waals surface area contributed by atoms with Gasteiger partial charge in [-0.15, -0.1) is 11.3 Å². The van der Waals surface area contributed by atoms with Crippen LogP contribution in [0.25, 0.3) is 75.6 Å². The number of thiophene rings is 1. The highest BCUT2D eigenvalue weighted by atomic mass is 35.5. The summed E-state index contributed by atoms with van der Waals surface area (Å²) in [6, 6.07) is 42.6. The third-order valence-electron chi connectivity index (χ3n) is 7.44. The lowest BCUT2D eigenvalue weighted by Gasteiger charge is -2.10. The Morgan fingerprint density at radius 1 is 0.450 bits per heavy atom. The second-order valence-electron chi connectivity index (χ2n) is 9.86. The average molecular weight is 550 g/mol. The molecule has 0 radical (unpaired) electrons. The molecule has 8 rings (SSSR count). The van der Waals surface area contributed by atoms with Gasteiger partial charge >= 0.3 is 0 Å². The number of benzene rings is 6. The summed E-state index contributed by atoms with van der Waals surface area (Å²) < 4.78 is 2.51. The number of nitrogens with zero attached hydrogens (tertiary/aromatic N) is 3. The van der Waals surface area contributed by atoms with E-state index in [1.807, 2.05) is 0 Å². The fourth-order valence-electron chi connectivity index (χ4n) is 5.50. The van der Waals surface area contributed by atoms with Crippen LogP contribution in [0.1, 0.15) is 0 Å². The summed E-state index contributed by atoms with van der Waals surface area (Å²) >= 11 is 8.23. The molecule has 0 aliphatic carbocycles. The summed E-state index contributed by atoms with van der Waals surface area (Å²) in [5.41, 5.74) is 4.24. The number of hydrogen-bond donors (Lipinski definition) is 0. The maximum atomic E-state index is 6.44. The SMILES string of the molecule is Clc1nc(-c2ccc3cc(-c4cccc5ccccc45)ccc3c2)nc(-c2ccc3sc4ccccc4c3c2)n1. The van der Waals surface area contributed by atoms with Gasteiger partial charge in [0.05, 0.1) is 0 Å². The van der Waals surface area contributed by atoms with Crippen LogP contribution in [0.4, 0.5) is 0 Å². The van der Waals surface area contributed by atoms with Crippen molar-refractivity contribution in [1.82, 2.24) is 15.0 Å². The Bertz CT molecular complexity index is 2250. The monoisotopic (exact) mass is 549 g/mol. The van der Waals surface area contributed by atoms with Crippen molar-refractivity contribution in [3.05, 3.63) is 127 Å². The molecule has 0 spiro atoms. The number of aromatic nitrogens is 3. The summed E-state index contributed by atoms with van der Waals surface area (Å²) in [6.07, 6.45) is 0. The Balaban J connectivity index is 1.20. The fraction of sp³-hybridized carbons (Fsp3) is 0. The van der Waals surface area contributed by atoms with Crippen LogP contribution in [0.15, 0.2) is 121 Å². The van der Waals surface area contributed by atoms with Crippen molar-refractivity contribution in [1.29, 1.82) is 0 Å². The van der Waals surface area contributed by atoms with E-state index in [4.69, 9.17) is 16.6 Å². The molecule has 2 heterocycles. The van der Waals surface area contributed by atoms with Gasteiger partial charge in [-0.2, -0.15) is 9.97 Å². The van der Waals surface area contributed by atoms with Crippen LogP contribution in [0.3, 0.4) is 0 Å². The highest BCUT2D eigenvalue weighted by Crippen LogP contribution is 2.36. The second kappa shape index (κ2) is 9.23. The molecule has 0 aliphatic heterocycles. The van der Waals surface area contributed by atoms with Gasteiger partial charge in [0, 0.05) is 31.3 Å². The first kappa shape index (κ1) is 23.3. The molecular weight excluding hydrogens is 530 g/mol. The summed E-state index contributed by atoms with van der Waals surface area (Å²) in [4.78, 5) is 13.8. The molecule has 0 unspecified atom stereocenters. The first-order chi connectivity index (χ1) is 19.7. The van der Waals surface area contributed by atoms with E-state index in [0.717, 1.165) is 21.9 Å². The normalized spacial score (nSPS) is 11.6. The highest BCUT2D eigenvalue weighted by Gasteiger charge is 2.13. The van der Waals surface area contributed by atoms with Gasteiger partial charge in [0.2, 0.25) is 5.28 Å². The van der Waals surface area contributed by atoms with Gasteiger partial charge in [-0.1, -0.05) is 84.9 Å². The van der Waals surface area contributed by atoms with Gasteiger partial charge in [-0.3, -0.25) is 0 Å². The largest absolute Gasteiger partial charge is 0.226 e. The average Bonchev–Trinajstić information content (AvgIpc) is 3.38. The van der Waals surface area contributed by atoms with Crippen LogP contribution in [0, 0.1) is 0 Å². The topological polar surface area (TPSA) is 38.7 Å². The molecule has 0 saturated heterocycles. The van der Waals surface area contributed by atoms with Crippen molar-refractivity contribution in [3.8, 4) is 33.9 Å². The zero-order valence-corrected chi connectivity index (χ0v) is 22.7. The van der Waals surface area contributed by atoms with Crippen molar-refractivity contribution in [3.63, 3.8) is 0 Å². The molecular formula is C35H20ClN3S. The summed E-state index contributed by atoms with van der Waals surface area (Å²) in [7, 11) is 0. The zero-order chi connectivity index (χ0) is 26.6. The standard InChI is InChI=1S/C35H20ClN3S/c36-35-38-33(37-34(39-35)26-16-17-32-30(20-26)29-9-3-4-11-31(29)40-32)25-15-13-22-18-24(14-12-23(22)19-25)28-10-5-7-21-6-1-2-8-27(21)28/h1-20H. The second-order valence-corrected chi connectivity index (χ2v) is 11.3. The lowest BCUT2D eigenvalue weighted by molar-refractivity contribution is 1.07. The number of hydrogen-bond acceptors (Lipinski definition) is 4. The Morgan fingerprint density at radius 2 is 1.07 bits per heavy atom. The van der Waals surface area contributed by atoms with E-state index < -0.39 is 0 Å². The van der Waals surface area contributed by atoms with Crippen molar-refractivity contribution in [2.24, 2.45) is 0 Å². The van der Waals surface area contributed by atoms with E-state index in [9.17, 15) is 0 Å². The van der Waals surface area contributed by atoms with Crippen LogP contribution < -0.4 is 0 Å². The summed E-state index contributed by atoms with van der Waals surface area (Å²) in [5.74, 6) is 1.13. The molecule has 40 heavy (non-hydrogen) atoms. The minimum absolute atomic E-state index is 0.182. The number of rotatable bonds is 3. The maximum Gasteiger partial charge on any atom is 0.226 e. The molecule has 6 aromatic carbocycles. The third-order valence-corrected chi connectivity index (χ3v) is 8.76. The predicted octanol–water partition coefficient (Wildman–Crippen LogP) is 10.2. The smallest absolute Gasteiger partial charge is 0.208 e. The number of halogens is 1. The van der Waals surface area contributed by atoms with Crippen LogP contribution in [-0.4, -0.2) is 15.0 Å². The van der Waals surface area contributed by atoms with Crippen LogP contribution >= 0.6 is 22.9 Å². The molecule has 0 N–H and O–H groups in total. The van der Waals surface area contributed by atoms with Crippen molar-refractivity contribution < 1.29 is 0 Å². The summed E-state index contributed by atoms with van der Waals surface area (Å²) in [5, 5.41) is 7.38. The first-order valence-electron chi connectivity index (χ1n) is 13.1. The quantitative estimate of drug-likeness (QED) is 0.220. The van der Waals surface area contributed by atoms with Crippen LogP contribution in [0.2, 0.25) is 5.28 Å². The van der Waals surface area contributed by atoms with E-state index in [2.05, 4.69) is 131 Å². The molecule has 3 nitrogen and oxygen atoms in total. The Hall–Kier alpha value is -4.64. The highest BCUT2D eigenvalue weighted by molar-refractivity contribution is 7.25. The lowest BCUT2D eigenvalue weighted by Crippen LogP contribution is -1.97. The minimum Gasteiger partial charge on any atom is -0.208 e. The Kier molecular flexibility index (Phi) is 5.37. The molecule has 0 amide bonds. The van der Waals surface area contributed by atoms with Gasteiger partial charge < -0.3 is 0 Å². The van der Waals surface area contributed by atoms with Crippen LogP contribution in [0.5, 0.6) is 0 Å². The van der Waals surface area contributed by atoms with Crippen molar-refractivity contribution >= 4 is 64.7 Å². The van der Waals surface area contributed by atoms with E-state index in [-0.39, 0.29) is 5.28 Å². The van der Waals surface area contributed by atoms with Gasteiger partial charge in [-0.25, -0.2) is 4.98 Å². The molecule has 0 saturated carbocycles. The fourth-order valence-corrected chi connectivity index (χ4v) is 6.75.